The number of thiophene rings is 1. The molecule has 3 heterocycles. The molecule has 0 saturated heterocycles. The summed E-state index contributed by atoms with van der Waals surface area (Å²) in [7, 11) is 0. The summed E-state index contributed by atoms with van der Waals surface area (Å²) in [6, 6.07) is 27.2. The van der Waals surface area contributed by atoms with Crippen LogP contribution in [0.1, 0.15) is 54.2 Å². The molecule has 1 aliphatic rings. The number of aromatic nitrogens is 2. The number of benzene rings is 2. The van der Waals surface area contributed by atoms with E-state index in [-0.39, 0.29) is 20.1 Å². The monoisotopic (exact) mass is 667 g/mol. The first kappa shape index (κ1) is 26.4. The zero-order valence-corrected chi connectivity index (χ0v) is 24.2. The van der Waals surface area contributed by atoms with Crippen molar-refractivity contribution in [1.29, 1.82) is 0 Å². The minimum atomic E-state index is 0. The number of pyridine rings is 2. The van der Waals surface area contributed by atoms with Gasteiger partial charge in [-0.2, -0.15) is 11.3 Å². The molecule has 0 amide bonds. The number of rotatable bonds is 3. The summed E-state index contributed by atoms with van der Waals surface area (Å²) in [6.45, 7) is 6.44. The molecule has 0 saturated carbocycles. The van der Waals surface area contributed by atoms with Crippen molar-refractivity contribution in [1.82, 2.24) is 9.97 Å². The largest absolute Gasteiger partial charge is 0.304 e. The molecule has 2 aromatic carbocycles. The van der Waals surface area contributed by atoms with Crippen molar-refractivity contribution >= 4 is 21.4 Å². The number of aryl methyl sites for hydroxylation is 3. The summed E-state index contributed by atoms with van der Waals surface area (Å²) < 4.78 is 1.37. The number of fused-ring (bicyclic) bond motifs is 3. The van der Waals surface area contributed by atoms with E-state index in [1.165, 1.54) is 52.5 Å². The van der Waals surface area contributed by atoms with Crippen molar-refractivity contribution in [2.45, 2.75) is 52.4 Å². The van der Waals surface area contributed by atoms with Crippen LogP contribution in [0.2, 0.25) is 0 Å². The average molecular weight is 667 g/mol. The fourth-order valence-electron chi connectivity index (χ4n) is 4.49. The van der Waals surface area contributed by atoms with Gasteiger partial charge in [-0.05, 0) is 76.2 Å². The van der Waals surface area contributed by atoms with Gasteiger partial charge in [-0.3, -0.25) is 0 Å². The molecule has 0 fully saturated rings. The minimum Gasteiger partial charge on any atom is -0.304 e. The summed E-state index contributed by atoms with van der Waals surface area (Å²) in [6.07, 6.45) is 9.02. The first-order valence-corrected chi connectivity index (χ1v) is 13.2. The molecule has 0 spiro atoms. The van der Waals surface area contributed by atoms with Crippen molar-refractivity contribution in [3.63, 3.8) is 0 Å². The summed E-state index contributed by atoms with van der Waals surface area (Å²) in [5.74, 6) is 0.523. The Bertz CT molecular complexity index is 1410. The van der Waals surface area contributed by atoms with Crippen molar-refractivity contribution in [2.24, 2.45) is 0 Å². The summed E-state index contributed by atoms with van der Waals surface area (Å²) in [5, 5.41) is 1.43. The standard InChI is InChI=1S/C20H20NS.C12H10N.Ir/c1-13(2)14-10-11-18(21-12-14)17-8-5-7-16-15-6-3-4-9-19(15)22-20(16)17;1-10-7-8-12(13-9-10)11-5-3-2-4-6-11;/h5,7,10-13H,3-4,6,9H2,1-2H3;2-5,7-9H,1H3;/q2*-1;. The van der Waals surface area contributed by atoms with E-state index in [9.17, 15) is 0 Å². The second-order valence-electron chi connectivity index (χ2n) is 9.43. The molecule has 185 valence electrons. The smallest absolute Gasteiger partial charge is 0.0195 e. The van der Waals surface area contributed by atoms with E-state index >= 15 is 0 Å². The molecule has 1 aliphatic carbocycles. The molecule has 3 aromatic heterocycles. The van der Waals surface area contributed by atoms with Gasteiger partial charge in [0.05, 0.1) is 0 Å². The SMILES string of the molecule is CC(C)c1ccc(-c2[c-]ccc3c4c(sc23)CCCC4)nc1.Cc1ccc(-c2[c-]cccc2)nc1.[Ir]. The maximum absolute atomic E-state index is 4.70. The second kappa shape index (κ2) is 12.1. The molecule has 36 heavy (non-hydrogen) atoms. The summed E-state index contributed by atoms with van der Waals surface area (Å²) in [4.78, 5) is 10.6. The fourth-order valence-corrected chi connectivity index (χ4v) is 5.89. The Kier molecular flexibility index (Phi) is 8.85. The molecule has 0 aliphatic heterocycles. The predicted molar refractivity (Wildman–Crippen MR) is 148 cm³/mol. The normalized spacial score (nSPS) is 12.4. The van der Waals surface area contributed by atoms with Gasteiger partial charge in [-0.25, -0.2) is 0 Å². The molecule has 0 N–H and O–H groups in total. The maximum Gasteiger partial charge on any atom is 0.0195 e. The first-order chi connectivity index (χ1) is 17.1. The summed E-state index contributed by atoms with van der Waals surface area (Å²) >= 11 is 1.96. The van der Waals surface area contributed by atoms with Gasteiger partial charge in [0, 0.05) is 32.5 Å². The van der Waals surface area contributed by atoms with E-state index in [0.29, 0.717) is 5.92 Å². The van der Waals surface area contributed by atoms with Gasteiger partial charge < -0.3 is 9.97 Å². The number of hydrogen-bond donors (Lipinski definition) is 0. The predicted octanol–water partition coefficient (Wildman–Crippen LogP) is 8.62. The third kappa shape index (κ3) is 5.83. The van der Waals surface area contributed by atoms with Crippen molar-refractivity contribution < 1.29 is 20.1 Å². The Morgan fingerprint density at radius 2 is 1.64 bits per heavy atom. The third-order valence-electron chi connectivity index (χ3n) is 6.52. The van der Waals surface area contributed by atoms with Gasteiger partial charge in [0.15, 0.2) is 0 Å². The van der Waals surface area contributed by atoms with Crippen molar-refractivity contribution in [2.75, 3.05) is 0 Å². The van der Waals surface area contributed by atoms with E-state index in [4.69, 9.17) is 4.98 Å². The van der Waals surface area contributed by atoms with Crippen LogP contribution in [0.3, 0.4) is 0 Å². The van der Waals surface area contributed by atoms with Crippen LogP contribution in [0.5, 0.6) is 0 Å². The Hall–Kier alpha value is -2.65. The van der Waals surface area contributed by atoms with Gasteiger partial charge in [0.2, 0.25) is 0 Å². The van der Waals surface area contributed by atoms with E-state index in [0.717, 1.165) is 17.0 Å². The first-order valence-electron chi connectivity index (χ1n) is 12.4. The zero-order valence-electron chi connectivity index (χ0n) is 21.0. The molecule has 6 rings (SSSR count). The maximum atomic E-state index is 4.70. The van der Waals surface area contributed by atoms with Gasteiger partial charge in [-0.15, -0.1) is 59.7 Å². The minimum absolute atomic E-state index is 0. The number of hydrogen-bond acceptors (Lipinski definition) is 3. The quantitative estimate of drug-likeness (QED) is 0.180. The Labute approximate surface area is 232 Å². The van der Waals surface area contributed by atoms with Gasteiger partial charge >= 0.3 is 0 Å². The zero-order chi connectivity index (χ0) is 24.2. The Balaban J connectivity index is 0.000000187. The third-order valence-corrected chi connectivity index (χ3v) is 7.85. The van der Waals surface area contributed by atoms with Crippen LogP contribution in [-0.4, -0.2) is 9.97 Å². The van der Waals surface area contributed by atoms with Gasteiger partial charge in [0.1, 0.15) is 0 Å². The molecule has 0 atom stereocenters. The molecule has 0 bridgehead atoms. The van der Waals surface area contributed by atoms with Crippen LogP contribution in [0, 0.1) is 19.1 Å². The van der Waals surface area contributed by atoms with Crippen LogP contribution in [0.4, 0.5) is 0 Å². The molecule has 2 nitrogen and oxygen atoms in total. The van der Waals surface area contributed by atoms with E-state index in [2.05, 4.69) is 61.3 Å². The molecule has 0 unspecified atom stereocenters. The number of nitrogens with zero attached hydrogens (tertiary/aromatic N) is 2. The second-order valence-corrected chi connectivity index (χ2v) is 10.5. The fraction of sp³-hybridized carbons (Fsp3) is 0.250. The molecule has 4 heteroatoms. The molecular weight excluding hydrogens is 637 g/mol. The van der Waals surface area contributed by atoms with Crippen LogP contribution >= 0.6 is 11.3 Å². The Morgan fingerprint density at radius 3 is 2.33 bits per heavy atom. The van der Waals surface area contributed by atoms with Crippen LogP contribution in [0.25, 0.3) is 32.6 Å². The molecular formula is C32H30IrN2S-2. The van der Waals surface area contributed by atoms with Crippen molar-refractivity contribution in [3.8, 4) is 22.5 Å². The van der Waals surface area contributed by atoms with E-state index in [1.54, 1.807) is 10.4 Å². The van der Waals surface area contributed by atoms with Crippen LogP contribution in [0.15, 0.2) is 73.1 Å². The molecule has 5 aromatic rings. The molecule has 1 radical (unpaired) electrons. The van der Waals surface area contributed by atoms with Gasteiger partial charge in [0.25, 0.3) is 0 Å². The topological polar surface area (TPSA) is 25.8 Å². The van der Waals surface area contributed by atoms with E-state index in [1.807, 2.05) is 61.0 Å². The van der Waals surface area contributed by atoms with Crippen LogP contribution < -0.4 is 0 Å². The Morgan fingerprint density at radius 1 is 0.833 bits per heavy atom. The van der Waals surface area contributed by atoms with Gasteiger partial charge in [-0.1, -0.05) is 43.5 Å². The summed E-state index contributed by atoms with van der Waals surface area (Å²) in [5.41, 5.74) is 8.30. The van der Waals surface area contributed by atoms with Crippen LogP contribution in [-0.2, 0) is 32.9 Å². The average Bonchev–Trinajstić information content (AvgIpc) is 3.29. The van der Waals surface area contributed by atoms with Crippen molar-refractivity contribution in [3.05, 3.63) is 107 Å². The van der Waals surface area contributed by atoms with E-state index < -0.39 is 0 Å².